The Bertz CT molecular complexity index is 1610. The fraction of sp³-hybridized carbons (Fsp3) is 0. The van der Waals surface area contributed by atoms with Crippen LogP contribution in [0.2, 0.25) is 0 Å². The van der Waals surface area contributed by atoms with Gasteiger partial charge in [-0.25, -0.2) is 0 Å². The number of nitrogens with zero attached hydrogens (tertiary/aromatic N) is 2. The molecular weight excluding hydrogens is 404 g/mol. The molecule has 2 heterocycles. The second kappa shape index (κ2) is 6.79. The molecule has 5 heteroatoms. The lowest BCUT2D eigenvalue weighted by Gasteiger charge is -2.08. The van der Waals surface area contributed by atoms with Crippen molar-refractivity contribution in [2.45, 2.75) is 0 Å². The second-order valence-corrected chi connectivity index (χ2v) is 8.51. The lowest BCUT2D eigenvalue weighted by Crippen LogP contribution is -1.93. The van der Waals surface area contributed by atoms with Crippen molar-refractivity contribution in [3.8, 4) is 16.1 Å². The van der Waals surface area contributed by atoms with Crippen LogP contribution in [0.25, 0.3) is 48.0 Å². The van der Waals surface area contributed by atoms with Crippen molar-refractivity contribution in [2.75, 3.05) is 0 Å². The summed E-state index contributed by atoms with van der Waals surface area (Å²) < 4.78 is 3.15. The Morgan fingerprint density at radius 1 is 0.710 bits per heavy atom. The molecule has 0 radical (unpaired) electrons. The summed E-state index contributed by atoms with van der Waals surface area (Å²) in [5.74, 6) is 0. The van der Waals surface area contributed by atoms with Gasteiger partial charge >= 0.3 is 0 Å². The summed E-state index contributed by atoms with van der Waals surface area (Å²) in [4.78, 5) is 12.4. The van der Waals surface area contributed by atoms with Gasteiger partial charge in [0.05, 0.1) is 21.3 Å². The van der Waals surface area contributed by atoms with Gasteiger partial charge < -0.3 is 4.57 Å². The van der Waals surface area contributed by atoms with E-state index in [4.69, 9.17) is 0 Å². The van der Waals surface area contributed by atoms with E-state index in [2.05, 4.69) is 41.0 Å². The summed E-state index contributed by atoms with van der Waals surface area (Å²) in [7, 11) is 0. The third-order valence-corrected chi connectivity index (χ3v) is 6.91. The first kappa shape index (κ1) is 17.9. The van der Waals surface area contributed by atoms with Crippen LogP contribution < -0.4 is 0 Å². The van der Waals surface area contributed by atoms with Crippen LogP contribution in [0.15, 0.2) is 97.1 Å². The molecule has 0 aliphatic rings. The minimum absolute atomic E-state index is 0.183. The number of benzene rings is 4. The van der Waals surface area contributed by atoms with E-state index < -0.39 is 0 Å². The Balaban J connectivity index is 1.70. The average Bonchev–Trinajstić information content (AvgIpc) is 3.35. The van der Waals surface area contributed by atoms with Gasteiger partial charge in [0.25, 0.3) is 5.69 Å². The standard InChI is InChI=1S/C26H16N2O2S/c29-28(30)25-21-11-5-7-13-24(21)31-26(25)17-14-15-20-19-10-4-6-12-22(19)27(23(20)16-17)18-8-2-1-3-9-18/h1-16H. The first-order chi connectivity index (χ1) is 15.2. The van der Waals surface area contributed by atoms with E-state index in [1.54, 1.807) is 0 Å². The maximum absolute atomic E-state index is 12.0. The zero-order valence-corrected chi connectivity index (χ0v) is 17.2. The maximum atomic E-state index is 12.0. The molecule has 4 aromatic carbocycles. The molecule has 148 valence electrons. The molecule has 0 fully saturated rings. The molecule has 0 bridgehead atoms. The lowest BCUT2D eigenvalue weighted by atomic mass is 10.1. The number of para-hydroxylation sites is 2. The third kappa shape index (κ3) is 2.67. The maximum Gasteiger partial charge on any atom is 0.295 e. The lowest BCUT2D eigenvalue weighted by molar-refractivity contribution is -0.382. The smallest absolute Gasteiger partial charge is 0.295 e. The Morgan fingerprint density at radius 2 is 1.39 bits per heavy atom. The average molecular weight is 420 g/mol. The van der Waals surface area contributed by atoms with Crippen molar-refractivity contribution in [1.29, 1.82) is 0 Å². The fourth-order valence-electron chi connectivity index (χ4n) is 4.38. The molecule has 0 saturated carbocycles. The molecule has 0 atom stereocenters. The summed E-state index contributed by atoms with van der Waals surface area (Å²) in [6, 6.07) is 32.2. The quantitative estimate of drug-likeness (QED) is 0.219. The minimum atomic E-state index is -0.259. The predicted octanol–water partition coefficient (Wildman–Crippen LogP) is 7.57. The molecule has 0 spiro atoms. The van der Waals surface area contributed by atoms with Gasteiger partial charge in [0.15, 0.2) is 0 Å². The molecule has 0 aliphatic heterocycles. The number of hydrogen-bond acceptors (Lipinski definition) is 3. The molecule has 0 aliphatic carbocycles. The minimum Gasteiger partial charge on any atom is -0.309 e. The number of thiophene rings is 1. The molecule has 0 amide bonds. The molecule has 0 saturated heterocycles. The zero-order chi connectivity index (χ0) is 20.9. The third-order valence-electron chi connectivity index (χ3n) is 5.70. The van der Waals surface area contributed by atoms with Gasteiger partial charge in [-0.15, -0.1) is 11.3 Å². The Kier molecular flexibility index (Phi) is 3.91. The van der Waals surface area contributed by atoms with Gasteiger partial charge in [0, 0.05) is 26.7 Å². The fourth-order valence-corrected chi connectivity index (χ4v) is 5.54. The van der Waals surface area contributed by atoms with E-state index in [0.29, 0.717) is 10.3 Å². The number of aromatic nitrogens is 1. The topological polar surface area (TPSA) is 48.1 Å². The van der Waals surface area contributed by atoms with E-state index in [0.717, 1.165) is 32.4 Å². The Morgan fingerprint density at radius 3 is 2.19 bits per heavy atom. The van der Waals surface area contributed by atoms with Crippen molar-refractivity contribution in [1.82, 2.24) is 4.57 Å². The van der Waals surface area contributed by atoms with Crippen LogP contribution in [0.4, 0.5) is 5.69 Å². The predicted molar refractivity (Wildman–Crippen MR) is 128 cm³/mol. The van der Waals surface area contributed by atoms with Crippen LogP contribution in [0.3, 0.4) is 0 Å². The van der Waals surface area contributed by atoms with Crippen molar-refractivity contribution < 1.29 is 4.92 Å². The van der Waals surface area contributed by atoms with Gasteiger partial charge in [0.1, 0.15) is 4.88 Å². The van der Waals surface area contributed by atoms with Crippen molar-refractivity contribution >= 4 is 48.9 Å². The SMILES string of the molecule is O=[N+]([O-])c1c(-c2ccc3c4ccccc4n(-c4ccccc4)c3c2)sc2ccccc12. The van der Waals surface area contributed by atoms with Gasteiger partial charge in [-0.3, -0.25) is 10.1 Å². The van der Waals surface area contributed by atoms with Crippen molar-refractivity contribution in [3.05, 3.63) is 107 Å². The Labute approximate surface area is 181 Å². The van der Waals surface area contributed by atoms with Crippen molar-refractivity contribution in [3.63, 3.8) is 0 Å². The van der Waals surface area contributed by atoms with Gasteiger partial charge in [-0.05, 0) is 36.4 Å². The second-order valence-electron chi connectivity index (χ2n) is 7.45. The van der Waals surface area contributed by atoms with Crippen LogP contribution in [0, 0.1) is 10.1 Å². The summed E-state index contributed by atoms with van der Waals surface area (Å²) in [5.41, 5.74) is 4.27. The number of rotatable bonds is 3. The monoisotopic (exact) mass is 420 g/mol. The molecule has 6 rings (SSSR count). The molecule has 6 aromatic rings. The van der Waals surface area contributed by atoms with E-state index in [1.165, 1.54) is 16.7 Å². The van der Waals surface area contributed by atoms with Gasteiger partial charge in [-0.2, -0.15) is 0 Å². The van der Waals surface area contributed by atoms with Crippen LogP contribution in [-0.4, -0.2) is 9.49 Å². The number of hydrogen-bond donors (Lipinski definition) is 0. The summed E-state index contributed by atoms with van der Waals surface area (Å²) >= 11 is 1.47. The normalized spacial score (nSPS) is 11.5. The first-order valence-corrected chi connectivity index (χ1v) is 10.8. The number of nitro groups is 1. The largest absolute Gasteiger partial charge is 0.309 e. The van der Waals surface area contributed by atoms with E-state index in [-0.39, 0.29) is 10.6 Å². The molecule has 2 aromatic heterocycles. The van der Waals surface area contributed by atoms with Crippen molar-refractivity contribution in [2.24, 2.45) is 0 Å². The zero-order valence-electron chi connectivity index (χ0n) is 16.4. The molecule has 0 unspecified atom stereocenters. The van der Waals surface area contributed by atoms with E-state index in [9.17, 15) is 10.1 Å². The van der Waals surface area contributed by atoms with E-state index >= 15 is 0 Å². The highest BCUT2D eigenvalue weighted by atomic mass is 32.1. The number of fused-ring (bicyclic) bond motifs is 4. The van der Waals surface area contributed by atoms with Crippen LogP contribution >= 0.6 is 11.3 Å². The Hall–Kier alpha value is -3.96. The molecule has 4 nitrogen and oxygen atoms in total. The van der Waals surface area contributed by atoms with Crippen LogP contribution in [0.1, 0.15) is 0 Å². The highest BCUT2D eigenvalue weighted by molar-refractivity contribution is 7.23. The van der Waals surface area contributed by atoms with E-state index in [1.807, 2.05) is 60.7 Å². The first-order valence-electron chi connectivity index (χ1n) is 9.97. The molecule has 31 heavy (non-hydrogen) atoms. The summed E-state index contributed by atoms with van der Waals surface area (Å²) in [6.45, 7) is 0. The summed E-state index contributed by atoms with van der Waals surface area (Å²) in [6.07, 6.45) is 0. The summed E-state index contributed by atoms with van der Waals surface area (Å²) in [5, 5.41) is 15.0. The highest BCUT2D eigenvalue weighted by Crippen LogP contribution is 2.45. The van der Waals surface area contributed by atoms with Gasteiger partial charge in [0.2, 0.25) is 0 Å². The highest BCUT2D eigenvalue weighted by Gasteiger charge is 2.24. The van der Waals surface area contributed by atoms with Gasteiger partial charge in [-0.1, -0.05) is 60.7 Å². The van der Waals surface area contributed by atoms with Crippen LogP contribution in [-0.2, 0) is 0 Å². The van der Waals surface area contributed by atoms with Crippen LogP contribution in [0.5, 0.6) is 0 Å². The molecular formula is C26H16N2O2S. The molecule has 0 N–H and O–H groups in total.